The first-order valence-electron chi connectivity index (χ1n) is 6.98. The number of carbonyl (C=O) groups excluding carboxylic acids is 1. The van der Waals surface area contributed by atoms with Gasteiger partial charge in [0.25, 0.3) is 5.91 Å². The van der Waals surface area contributed by atoms with E-state index in [0.29, 0.717) is 21.2 Å². The van der Waals surface area contributed by atoms with Crippen LogP contribution in [0.1, 0.15) is 41.5 Å². The fraction of sp³-hybridized carbons (Fsp3) is 0.375. The molecule has 0 saturated heterocycles. The van der Waals surface area contributed by atoms with Gasteiger partial charge in [-0.15, -0.1) is 0 Å². The molecule has 1 aromatic carbocycles. The van der Waals surface area contributed by atoms with E-state index in [4.69, 9.17) is 16.3 Å². The van der Waals surface area contributed by atoms with E-state index in [-0.39, 0.29) is 12.5 Å². The summed E-state index contributed by atoms with van der Waals surface area (Å²) in [5, 5.41) is 4.94. The second-order valence-corrected chi connectivity index (χ2v) is 6.70. The Kier molecular flexibility index (Phi) is 5.29. The van der Waals surface area contributed by atoms with E-state index in [9.17, 15) is 4.79 Å². The number of halogens is 2. The Morgan fingerprint density at radius 1 is 1.41 bits per heavy atom. The maximum atomic E-state index is 12.3. The summed E-state index contributed by atoms with van der Waals surface area (Å²) in [7, 11) is 0. The molecular formula is C16H18BrClN2O2. The third-order valence-corrected chi connectivity index (χ3v) is 4.26. The molecule has 1 heterocycles. The molecule has 2 rings (SSSR count). The molecule has 0 saturated carbocycles. The van der Waals surface area contributed by atoms with Crippen LogP contribution in [0.15, 0.2) is 22.7 Å². The average molecular weight is 386 g/mol. The van der Waals surface area contributed by atoms with Crippen molar-refractivity contribution in [1.82, 2.24) is 9.78 Å². The summed E-state index contributed by atoms with van der Waals surface area (Å²) in [4.78, 5) is 12.3. The first-order chi connectivity index (χ1) is 10.3. The number of carbonyl (C=O) groups is 1. The summed E-state index contributed by atoms with van der Waals surface area (Å²) in [6, 6.07) is 5.16. The van der Waals surface area contributed by atoms with Crippen molar-refractivity contribution >= 4 is 33.4 Å². The van der Waals surface area contributed by atoms with Crippen LogP contribution in [0.3, 0.4) is 0 Å². The lowest BCUT2D eigenvalue weighted by Crippen LogP contribution is -2.22. The molecule has 0 aliphatic carbocycles. The van der Waals surface area contributed by atoms with Crippen LogP contribution in [0.4, 0.5) is 0 Å². The molecule has 0 aliphatic rings. The van der Waals surface area contributed by atoms with Gasteiger partial charge in [-0.05, 0) is 59.5 Å². The zero-order valence-corrected chi connectivity index (χ0v) is 15.3. The molecular weight excluding hydrogens is 368 g/mol. The quantitative estimate of drug-likeness (QED) is 0.762. The van der Waals surface area contributed by atoms with E-state index >= 15 is 0 Å². The summed E-state index contributed by atoms with van der Waals surface area (Å²) >= 11 is 9.24. The third-order valence-electron chi connectivity index (χ3n) is 3.41. The van der Waals surface area contributed by atoms with Gasteiger partial charge in [0.2, 0.25) is 0 Å². The van der Waals surface area contributed by atoms with Gasteiger partial charge in [0.15, 0.2) is 6.61 Å². The van der Waals surface area contributed by atoms with Crippen LogP contribution in [0.2, 0.25) is 5.02 Å². The Morgan fingerprint density at radius 3 is 2.64 bits per heavy atom. The Bertz CT molecular complexity index is 710. The van der Waals surface area contributed by atoms with Gasteiger partial charge in [-0.2, -0.15) is 5.10 Å². The number of nitrogens with zero attached hydrogens (tertiary/aromatic N) is 2. The van der Waals surface area contributed by atoms with Crippen LogP contribution in [0.25, 0.3) is 0 Å². The minimum Gasteiger partial charge on any atom is -0.482 e. The topological polar surface area (TPSA) is 44.1 Å². The highest BCUT2D eigenvalue weighted by Gasteiger charge is 2.19. The fourth-order valence-corrected chi connectivity index (χ4v) is 3.32. The van der Waals surface area contributed by atoms with E-state index in [0.717, 1.165) is 17.0 Å². The summed E-state index contributed by atoms with van der Waals surface area (Å²) in [5.74, 6) is 0.700. The van der Waals surface area contributed by atoms with Gasteiger partial charge in [0, 0.05) is 10.7 Å². The van der Waals surface area contributed by atoms with Crippen molar-refractivity contribution in [2.24, 2.45) is 0 Å². The lowest BCUT2D eigenvalue weighted by Gasteiger charge is -2.09. The molecule has 0 bridgehead atoms. The highest BCUT2D eigenvalue weighted by molar-refractivity contribution is 9.10. The molecule has 2 aromatic rings. The van der Waals surface area contributed by atoms with Crippen LogP contribution in [0.5, 0.6) is 5.75 Å². The van der Waals surface area contributed by atoms with Crippen molar-refractivity contribution in [3.63, 3.8) is 0 Å². The SMILES string of the molecule is Cc1nn(C(=O)COc2ccc(Cl)cc2Br)c(C)c1C(C)C. The predicted octanol–water partition coefficient (Wildman–Crippen LogP) is 4.76. The molecule has 0 unspecified atom stereocenters. The largest absolute Gasteiger partial charge is 0.482 e. The summed E-state index contributed by atoms with van der Waals surface area (Å²) in [5.41, 5.74) is 2.87. The van der Waals surface area contributed by atoms with Crippen LogP contribution in [-0.2, 0) is 0 Å². The molecule has 0 fully saturated rings. The van der Waals surface area contributed by atoms with E-state index in [1.54, 1.807) is 18.2 Å². The monoisotopic (exact) mass is 384 g/mol. The first kappa shape index (κ1) is 17.0. The molecule has 0 amide bonds. The standard InChI is InChI=1S/C16H18BrClN2O2/c1-9(2)16-10(3)19-20(11(16)4)15(21)8-22-14-6-5-12(18)7-13(14)17/h5-7,9H,8H2,1-4H3. The molecule has 0 radical (unpaired) electrons. The van der Waals surface area contributed by atoms with E-state index < -0.39 is 0 Å². The zero-order valence-electron chi connectivity index (χ0n) is 13.0. The van der Waals surface area contributed by atoms with Gasteiger partial charge < -0.3 is 4.74 Å². The maximum Gasteiger partial charge on any atom is 0.284 e. The van der Waals surface area contributed by atoms with Gasteiger partial charge in [-0.25, -0.2) is 4.68 Å². The van der Waals surface area contributed by atoms with Gasteiger partial charge in [0.1, 0.15) is 5.75 Å². The molecule has 0 aliphatic heterocycles. The molecule has 4 nitrogen and oxygen atoms in total. The Hall–Kier alpha value is -1.33. The average Bonchev–Trinajstić information content (AvgIpc) is 2.72. The number of rotatable bonds is 4. The van der Waals surface area contributed by atoms with E-state index in [1.807, 2.05) is 13.8 Å². The van der Waals surface area contributed by atoms with Crippen molar-refractivity contribution in [1.29, 1.82) is 0 Å². The number of hydrogen-bond acceptors (Lipinski definition) is 3. The number of ether oxygens (including phenoxy) is 1. The molecule has 22 heavy (non-hydrogen) atoms. The Morgan fingerprint density at radius 2 is 2.09 bits per heavy atom. The zero-order chi connectivity index (χ0) is 16.4. The van der Waals surface area contributed by atoms with Crippen molar-refractivity contribution in [2.75, 3.05) is 6.61 Å². The maximum absolute atomic E-state index is 12.3. The van der Waals surface area contributed by atoms with E-state index in [2.05, 4.69) is 34.9 Å². The summed E-state index contributed by atoms with van der Waals surface area (Å²) in [6.45, 7) is 7.92. The number of hydrogen-bond donors (Lipinski definition) is 0. The second kappa shape index (κ2) is 6.84. The van der Waals surface area contributed by atoms with Gasteiger partial charge in [0.05, 0.1) is 10.2 Å². The Labute approximate surface area is 143 Å². The fourth-order valence-electron chi connectivity index (χ4n) is 2.53. The van der Waals surface area contributed by atoms with Crippen LogP contribution < -0.4 is 4.74 Å². The van der Waals surface area contributed by atoms with Crippen molar-refractivity contribution in [2.45, 2.75) is 33.6 Å². The van der Waals surface area contributed by atoms with Crippen LogP contribution in [-0.4, -0.2) is 22.3 Å². The highest BCUT2D eigenvalue weighted by atomic mass is 79.9. The smallest absolute Gasteiger partial charge is 0.284 e. The molecule has 0 atom stereocenters. The predicted molar refractivity (Wildman–Crippen MR) is 91.1 cm³/mol. The van der Waals surface area contributed by atoms with Gasteiger partial charge >= 0.3 is 0 Å². The van der Waals surface area contributed by atoms with Gasteiger partial charge in [-0.3, -0.25) is 4.79 Å². The van der Waals surface area contributed by atoms with Crippen molar-refractivity contribution < 1.29 is 9.53 Å². The van der Waals surface area contributed by atoms with Crippen LogP contribution in [0, 0.1) is 13.8 Å². The lowest BCUT2D eigenvalue weighted by atomic mass is 10.0. The molecule has 1 aromatic heterocycles. The first-order valence-corrected chi connectivity index (χ1v) is 8.15. The number of benzene rings is 1. The third kappa shape index (κ3) is 3.52. The number of aromatic nitrogens is 2. The van der Waals surface area contributed by atoms with Crippen LogP contribution >= 0.6 is 27.5 Å². The number of aryl methyl sites for hydroxylation is 1. The summed E-state index contributed by atoms with van der Waals surface area (Å²) in [6.07, 6.45) is 0. The molecule has 6 heteroatoms. The minimum absolute atomic E-state index is 0.0836. The lowest BCUT2D eigenvalue weighted by molar-refractivity contribution is 0.0817. The normalized spacial score (nSPS) is 11.0. The second-order valence-electron chi connectivity index (χ2n) is 5.41. The summed E-state index contributed by atoms with van der Waals surface area (Å²) < 4.78 is 7.69. The minimum atomic E-state index is -0.200. The molecule has 0 spiro atoms. The van der Waals surface area contributed by atoms with Crippen molar-refractivity contribution in [3.8, 4) is 5.75 Å². The van der Waals surface area contributed by atoms with E-state index in [1.165, 1.54) is 4.68 Å². The molecule has 118 valence electrons. The highest BCUT2D eigenvalue weighted by Crippen LogP contribution is 2.28. The Balaban J connectivity index is 2.15. The molecule has 0 N–H and O–H groups in total. The van der Waals surface area contributed by atoms with Gasteiger partial charge in [-0.1, -0.05) is 25.4 Å². The van der Waals surface area contributed by atoms with Crippen molar-refractivity contribution in [3.05, 3.63) is 44.6 Å².